The Kier molecular flexibility index (Phi) is 4.15. The molecule has 0 saturated heterocycles. The van der Waals surface area contributed by atoms with Gasteiger partial charge >= 0.3 is 0 Å². The molecule has 0 unspecified atom stereocenters. The van der Waals surface area contributed by atoms with Crippen LogP contribution in [0, 0.1) is 11.6 Å². The number of rotatable bonds is 3. The molecule has 21 heavy (non-hydrogen) atoms. The van der Waals surface area contributed by atoms with Crippen molar-refractivity contribution in [2.45, 2.75) is 19.4 Å². The Morgan fingerprint density at radius 3 is 2.48 bits per heavy atom. The van der Waals surface area contributed by atoms with E-state index in [9.17, 15) is 8.78 Å². The molecule has 0 spiro atoms. The van der Waals surface area contributed by atoms with Gasteiger partial charge in [-0.1, -0.05) is 18.2 Å². The molecule has 0 atom stereocenters. The molecule has 0 saturated carbocycles. The van der Waals surface area contributed by atoms with Gasteiger partial charge in [0.1, 0.15) is 11.6 Å². The molecular weight excluding hydrogens is 270 g/mol. The summed E-state index contributed by atoms with van der Waals surface area (Å²) in [5.74, 6) is -1.02. The van der Waals surface area contributed by atoms with Gasteiger partial charge in [-0.05, 0) is 55.3 Å². The number of hydrogen-bond donors (Lipinski definition) is 2. The molecule has 2 aromatic carbocycles. The van der Waals surface area contributed by atoms with Crippen molar-refractivity contribution in [3.05, 3.63) is 64.7 Å². The second-order valence-corrected chi connectivity index (χ2v) is 5.25. The molecule has 0 aromatic heterocycles. The van der Waals surface area contributed by atoms with E-state index < -0.39 is 11.6 Å². The third kappa shape index (κ3) is 3.05. The SMILES string of the molecule is Fc1cccc(F)c1CNc1cccc2c1CCNCC2. The van der Waals surface area contributed by atoms with Gasteiger partial charge in [-0.25, -0.2) is 8.78 Å². The van der Waals surface area contributed by atoms with Gasteiger partial charge in [0.05, 0.1) is 0 Å². The van der Waals surface area contributed by atoms with Crippen LogP contribution in [0.15, 0.2) is 36.4 Å². The first kappa shape index (κ1) is 14.0. The van der Waals surface area contributed by atoms with Crippen molar-refractivity contribution in [3.8, 4) is 0 Å². The third-order valence-electron chi connectivity index (χ3n) is 3.91. The number of benzene rings is 2. The second-order valence-electron chi connectivity index (χ2n) is 5.25. The maximum atomic E-state index is 13.7. The average molecular weight is 288 g/mol. The van der Waals surface area contributed by atoms with Crippen LogP contribution in [-0.4, -0.2) is 13.1 Å². The Balaban J connectivity index is 1.83. The molecule has 0 radical (unpaired) electrons. The molecule has 2 N–H and O–H groups in total. The fourth-order valence-electron chi connectivity index (χ4n) is 2.78. The minimum Gasteiger partial charge on any atom is -0.381 e. The summed E-state index contributed by atoms with van der Waals surface area (Å²) in [4.78, 5) is 0. The van der Waals surface area contributed by atoms with Gasteiger partial charge in [0.2, 0.25) is 0 Å². The first-order valence-corrected chi connectivity index (χ1v) is 7.24. The largest absolute Gasteiger partial charge is 0.381 e. The predicted octanol–water partition coefficient (Wildman–Crippen LogP) is 3.27. The van der Waals surface area contributed by atoms with Crippen LogP contribution in [0.2, 0.25) is 0 Å². The Morgan fingerprint density at radius 1 is 0.952 bits per heavy atom. The van der Waals surface area contributed by atoms with E-state index in [-0.39, 0.29) is 12.1 Å². The van der Waals surface area contributed by atoms with Crippen molar-refractivity contribution in [2.24, 2.45) is 0 Å². The molecule has 110 valence electrons. The number of halogens is 2. The van der Waals surface area contributed by atoms with Gasteiger partial charge in [0.15, 0.2) is 0 Å². The fourth-order valence-corrected chi connectivity index (χ4v) is 2.78. The van der Waals surface area contributed by atoms with E-state index in [1.807, 2.05) is 12.1 Å². The number of anilines is 1. The molecule has 2 aromatic rings. The van der Waals surface area contributed by atoms with Gasteiger partial charge < -0.3 is 10.6 Å². The Morgan fingerprint density at radius 2 is 1.67 bits per heavy atom. The van der Waals surface area contributed by atoms with Crippen LogP contribution in [0.3, 0.4) is 0 Å². The van der Waals surface area contributed by atoms with Crippen LogP contribution in [0.4, 0.5) is 14.5 Å². The van der Waals surface area contributed by atoms with Crippen LogP contribution in [0.5, 0.6) is 0 Å². The lowest BCUT2D eigenvalue weighted by Gasteiger charge is -2.15. The minimum atomic E-state index is -0.508. The highest BCUT2D eigenvalue weighted by molar-refractivity contribution is 5.55. The molecule has 0 amide bonds. The van der Waals surface area contributed by atoms with Crippen molar-refractivity contribution in [1.29, 1.82) is 0 Å². The van der Waals surface area contributed by atoms with E-state index in [4.69, 9.17) is 0 Å². The molecule has 3 rings (SSSR count). The highest BCUT2D eigenvalue weighted by Gasteiger charge is 2.13. The van der Waals surface area contributed by atoms with Crippen molar-refractivity contribution in [1.82, 2.24) is 5.32 Å². The Labute approximate surface area is 123 Å². The summed E-state index contributed by atoms with van der Waals surface area (Å²) in [5.41, 5.74) is 3.61. The molecule has 0 fully saturated rings. The van der Waals surface area contributed by atoms with Crippen LogP contribution >= 0.6 is 0 Å². The van der Waals surface area contributed by atoms with Crippen molar-refractivity contribution in [3.63, 3.8) is 0 Å². The van der Waals surface area contributed by atoms with Gasteiger partial charge in [0, 0.05) is 17.8 Å². The summed E-state index contributed by atoms with van der Waals surface area (Å²) < 4.78 is 27.3. The molecule has 4 heteroatoms. The molecule has 1 heterocycles. The van der Waals surface area contributed by atoms with E-state index in [0.717, 1.165) is 31.6 Å². The third-order valence-corrected chi connectivity index (χ3v) is 3.91. The molecule has 2 nitrogen and oxygen atoms in total. The van der Waals surface area contributed by atoms with Gasteiger partial charge in [-0.2, -0.15) is 0 Å². The summed E-state index contributed by atoms with van der Waals surface area (Å²) in [5, 5.41) is 6.56. The maximum absolute atomic E-state index is 13.7. The monoisotopic (exact) mass is 288 g/mol. The van der Waals surface area contributed by atoms with E-state index in [0.29, 0.717) is 0 Å². The second kappa shape index (κ2) is 6.22. The van der Waals surface area contributed by atoms with Crippen molar-refractivity contribution in [2.75, 3.05) is 18.4 Å². The molecular formula is C17H18F2N2. The standard InChI is InChI=1S/C17H18F2N2/c18-15-4-2-5-16(19)14(15)11-21-17-6-1-3-12-7-9-20-10-8-13(12)17/h1-6,20-21H,7-11H2. The van der Waals surface area contributed by atoms with Crippen LogP contribution < -0.4 is 10.6 Å². The zero-order valence-electron chi connectivity index (χ0n) is 11.8. The summed E-state index contributed by atoms with van der Waals surface area (Å²) in [7, 11) is 0. The van der Waals surface area contributed by atoms with Crippen molar-refractivity contribution < 1.29 is 8.78 Å². The van der Waals surface area contributed by atoms with Gasteiger partial charge in [-0.3, -0.25) is 0 Å². The molecule has 0 bridgehead atoms. The van der Waals surface area contributed by atoms with E-state index in [2.05, 4.69) is 16.7 Å². The fraction of sp³-hybridized carbons (Fsp3) is 0.294. The Bertz CT molecular complexity index is 620. The molecule has 1 aliphatic rings. The normalized spacial score (nSPS) is 14.4. The zero-order valence-corrected chi connectivity index (χ0v) is 11.8. The van der Waals surface area contributed by atoms with Gasteiger partial charge in [0.25, 0.3) is 0 Å². The predicted molar refractivity (Wildman–Crippen MR) is 80.4 cm³/mol. The highest BCUT2D eigenvalue weighted by Crippen LogP contribution is 2.24. The minimum absolute atomic E-state index is 0.0850. The van der Waals surface area contributed by atoms with Gasteiger partial charge in [-0.15, -0.1) is 0 Å². The maximum Gasteiger partial charge on any atom is 0.131 e. The van der Waals surface area contributed by atoms with Crippen molar-refractivity contribution >= 4 is 5.69 Å². The van der Waals surface area contributed by atoms with Crippen LogP contribution in [0.25, 0.3) is 0 Å². The smallest absolute Gasteiger partial charge is 0.131 e. The summed E-state index contributed by atoms with van der Waals surface area (Å²) in [6, 6.07) is 10.0. The summed E-state index contributed by atoms with van der Waals surface area (Å²) in [6.07, 6.45) is 1.91. The first-order chi connectivity index (χ1) is 10.3. The summed E-state index contributed by atoms with van der Waals surface area (Å²) in [6.45, 7) is 2.06. The highest BCUT2D eigenvalue weighted by atomic mass is 19.1. The summed E-state index contributed by atoms with van der Waals surface area (Å²) >= 11 is 0. The Hall–Kier alpha value is -1.94. The number of nitrogens with one attached hydrogen (secondary N) is 2. The lowest BCUT2D eigenvalue weighted by molar-refractivity contribution is 0.560. The lowest BCUT2D eigenvalue weighted by atomic mass is 10.0. The van der Waals surface area contributed by atoms with E-state index in [1.165, 1.54) is 29.3 Å². The number of fused-ring (bicyclic) bond motifs is 1. The average Bonchev–Trinajstić information content (AvgIpc) is 2.72. The van der Waals surface area contributed by atoms with E-state index >= 15 is 0 Å². The quantitative estimate of drug-likeness (QED) is 0.906. The van der Waals surface area contributed by atoms with Crippen LogP contribution in [0.1, 0.15) is 16.7 Å². The molecule has 0 aliphatic carbocycles. The first-order valence-electron chi connectivity index (χ1n) is 7.24. The van der Waals surface area contributed by atoms with Crippen LogP contribution in [-0.2, 0) is 19.4 Å². The molecule has 1 aliphatic heterocycles. The lowest BCUT2D eigenvalue weighted by Crippen LogP contribution is -2.16. The topological polar surface area (TPSA) is 24.1 Å². The number of hydrogen-bond acceptors (Lipinski definition) is 2. The zero-order chi connectivity index (χ0) is 14.7. The van der Waals surface area contributed by atoms with E-state index in [1.54, 1.807) is 0 Å².